The Kier molecular flexibility index (Phi) is 2.21. The minimum atomic E-state index is -1.02. The van der Waals surface area contributed by atoms with Crippen LogP contribution in [0.5, 0.6) is 0 Å². The van der Waals surface area contributed by atoms with Gasteiger partial charge in [0.1, 0.15) is 5.52 Å². The van der Waals surface area contributed by atoms with E-state index in [9.17, 15) is 4.79 Å². The highest BCUT2D eigenvalue weighted by Crippen LogP contribution is 2.24. The number of hydrogen-bond acceptors (Lipinski definition) is 4. The normalized spacial score (nSPS) is 15.6. The summed E-state index contributed by atoms with van der Waals surface area (Å²) in [6, 6.07) is 0. The van der Waals surface area contributed by atoms with E-state index in [0.717, 1.165) is 37.3 Å². The summed E-state index contributed by atoms with van der Waals surface area (Å²) in [5, 5.41) is 9.12. The molecule has 88 valence electrons. The molecule has 0 unspecified atom stereocenters. The number of anilines is 1. The molecule has 17 heavy (non-hydrogen) atoms. The Bertz CT molecular complexity index is 572. The van der Waals surface area contributed by atoms with Gasteiger partial charge in [0.2, 0.25) is 5.82 Å². The third kappa shape index (κ3) is 1.52. The first-order valence-corrected chi connectivity index (χ1v) is 5.57. The molecule has 1 N–H and O–H groups in total. The van der Waals surface area contributed by atoms with Crippen molar-refractivity contribution in [2.45, 2.75) is 12.8 Å². The molecule has 0 spiro atoms. The van der Waals surface area contributed by atoms with Gasteiger partial charge in [-0.3, -0.25) is 9.38 Å². The predicted octanol–water partition coefficient (Wildman–Crippen LogP) is 1.03. The second kappa shape index (κ2) is 3.73. The molecule has 1 saturated heterocycles. The van der Waals surface area contributed by atoms with Gasteiger partial charge in [0.05, 0.1) is 6.20 Å². The molecule has 3 rings (SSSR count). The van der Waals surface area contributed by atoms with Gasteiger partial charge in [-0.05, 0) is 12.8 Å². The maximum atomic E-state index is 11.1. The molecule has 6 nitrogen and oxygen atoms in total. The van der Waals surface area contributed by atoms with Crippen LogP contribution in [0.3, 0.4) is 0 Å². The van der Waals surface area contributed by atoms with E-state index in [2.05, 4.69) is 14.9 Å². The SMILES string of the molecule is O=C(O)c1nc(N2CCCC2)c2cnccn12. The summed E-state index contributed by atoms with van der Waals surface area (Å²) in [4.78, 5) is 21.5. The average Bonchev–Trinajstić information content (AvgIpc) is 2.95. The second-order valence-corrected chi connectivity index (χ2v) is 4.09. The Morgan fingerprint density at radius 1 is 1.35 bits per heavy atom. The number of aromatic carboxylic acids is 1. The molecule has 0 bridgehead atoms. The van der Waals surface area contributed by atoms with Crippen molar-refractivity contribution >= 4 is 17.3 Å². The topological polar surface area (TPSA) is 70.7 Å². The molecule has 0 aromatic carbocycles. The first kappa shape index (κ1) is 10.1. The zero-order chi connectivity index (χ0) is 11.8. The van der Waals surface area contributed by atoms with Crippen molar-refractivity contribution in [2.24, 2.45) is 0 Å². The third-order valence-corrected chi connectivity index (χ3v) is 3.02. The lowest BCUT2D eigenvalue weighted by Crippen LogP contribution is -2.18. The van der Waals surface area contributed by atoms with Crippen LogP contribution in [0.15, 0.2) is 18.6 Å². The number of fused-ring (bicyclic) bond motifs is 1. The summed E-state index contributed by atoms with van der Waals surface area (Å²) >= 11 is 0. The first-order chi connectivity index (χ1) is 8.27. The van der Waals surface area contributed by atoms with Crippen LogP contribution >= 0.6 is 0 Å². The molecule has 2 aromatic rings. The van der Waals surface area contributed by atoms with Crippen LogP contribution in [0.4, 0.5) is 5.82 Å². The van der Waals surface area contributed by atoms with Gasteiger partial charge in [-0.25, -0.2) is 9.78 Å². The number of rotatable bonds is 2. The van der Waals surface area contributed by atoms with Crippen molar-refractivity contribution in [1.82, 2.24) is 14.4 Å². The average molecular weight is 232 g/mol. The van der Waals surface area contributed by atoms with Gasteiger partial charge < -0.3 is 10.0 Å². The molecule has 1 fully saturated rings. The molecule has 0 atom stereocenters. The fourth-order valence-electron chi connectivity index (χ4n) is 2.24. The van der Waals surface area contributed by atoms with E-state index in [4.69, 9.17) is 5.11 Å². The monoisotopic (exact) mass is 232 g/mol. The first-order valence-electron chi connectivity index (χ1n) is 5.57. The van der Waals surface area contributed by atoms with Crippen molar-refractivity contribution in [3.05, 3.63) is 24.4 Å². The molecule has 3 heterocycles. The zero-order valence-electron chi connectivity index (χ0n) is 9.20. The number of nitrogens with zero attached hydrogens (tertiary/aromatic N) is 4. The van der Waals surface area contributed by atoms with E-state index in [1.165, 1.54) is 0 Å². The van der Waals surface area contributed by atoms with Crippen molar-refractivity contribution in [3.8, 4) is 0 Å². The molecule has 1 aliphatic rings. The van der Waals surface area contributed by atoms with Gasteiger partial charge in [0.15, 0.2) is 5.82 Å². The summed E-state index contributed by atoms with van der Waals surface area (Å²) in [5.74, 6) is -0.242. The predicted molar refractivity (Wildman–Crippen MR) is 61.4 cm³/mol. The summed E-state index contributed by atoms with van der Waals surface area (Å²) < 4.78 is 1.57. The minimum Gasteiger partial charge on any atom is -0.475 e. The van der Waals surface area contributed by atoms with E-state index in [1.54, 1.807) is 23.0 Å². The fraction of sp³-hybridized carbons (Fsp3) is 0.364. The molecule has 2 aromatic heterocycles. The largest absolute Gasteiger partial charge is 0.475 e. The van der Waals surface area contributed by atoms with Gasteiger partial charge in [-0.2, -0.15) is 0 Å². The van der Waals surface area contributed by atoms with Crippen LogP contribution < -0.4 is 4.90 Å². The lowest BCUT2D eigenvalue weighted by Gasteiger charge is -2.13. The van der Waals surface area contributed by atoms with E-state index in [1.807, 2.05) is 0 Å². The highest BCUT2D eigenvalue weighted by molar-refractivity contribution is 5.88. The quantitative estimate of drug-likeness (QED) is 0.837. The van der Waals surface area contributed by atoms with E-state index in [0.29, 0.717) is 0 Å². The summed E-state index contributed by atoms with van der Waals surface area (Å²) in [6.07, 6.45) is 7.11. The number of carboxylic acid groups (broad SMARTS) is 1. The Hall–Kier alpha value is -2.11. The molecule has 0 radical (unpaired) electrons. The van der Waals surface area contributed by atoms with Crippen LogP contribution in [0.2, 0.25) is 0 Å². The van der Waals surface area contributed by atoms with Gasteiger partial charge in [-0.1, -0.05) is 0 Å². The third-order valence-electron chi connectivity index (χ3n) is 3.02. The molecule has 0 amide bonds. The summed E-state index contributed by atoms with van der Waals surface area (Å²) in [5.41, 5.74) is 0.756. The van der Waals surface area contributed by atoms with Gasteiger partial charge in [0.25, 0.3) is 0 Å². The molecular weight excluding hydrogens is 220 g/mol. The van der Waals surface area contributed by atoms with Gasteiger partial charge in [0, 0.05) is 25.5 Å². The molecule has 0 aliphatic carbocycles. The van der Waals surface area contributed by atoms with Crippen molar-refractivity contribution in [3.63, 3.8) is 0 Å². The molecular formula is C11H12N4O2. The maximum absolute atomic E-state index is 11.1. The number of hydrogen-bond donors (Lipinski definition) is 1. The second-order valence-electron chi connectivity index (χ2n) is 4.09. The Labute approximate surface area is 97.5 Å². The maximum Gasteiger partial charge on any atom is 0.372 e. The van der Waals surface area contributed by atoms with Gasteiger partial charge >= 0.3 is 5.97 Å². The molecule has 0 saturated carbocycles. The standard InChI is InChI=1S/C11H12N4O2/c16-11(17)10-13-9(14-4-1-2-5-14)8-7-12-3-6-15(8)10/h3,6-7H,1-2,4-5H2,(H,16,17). The Morgan fingerprint density at radius 2 is 2.12 bits per heavy atom. The lowest BCUT2D eigenvalue weighted by molar-refractivity contribution is 0.0683. The number of carbonyl (C=O) groups is 1. The van der Waals surface area contributed by atoms with Crippen LogP contribution in [0, 0.1) is 0 Å². The van der Waals surface area contributed by atoms with E-state index < -0.39 is 5.97 Å². The fourth-order valence-corrected chi connectivity index (χ4v) is 2.24. The van der Waals surface area contributed by atoms with Crippen molar-refractivity contribution < 1.29 is 9.90 Å². The van der Waals surface area contributed by atoms with Crippen LogP contribution in [-0.2, 0) is 0 Å². The highest BCUT2D eigenvalue weighted by Gasteiger charge is 2.22. The highest BCUT2D eigenvalue weighted by atomic mass is 16.4. The molecule has 1 aliphatic heterocycles. The lowest BCUT2D eigenvalue weighted by atomic mass is 10.4. The number of carboxylic acids is 1. The van der Waals surface area contributed by atoms with Gasteiger partial charge in [-0.15, -0.1) is 0 Å². The smallest absolute Gasteiger partial charge is 0.372 e. The minimum absolute atomic E-state index is 0.0456. The summed E-state index contributed by atoms with van der Waals surface area (Å²) in [7, 11) is 0. The van der Waals surface area contributed by atoms with Crippen molar-refractivity contribution in [2.75, 3.05) is 18.0 Å². The number of imidazole rings is 1. The zero-order valence-corrected chi connectivity index (χ0v) is 9.20. The van der Waals surface area contributed by atoms with Crippen molar-refractivity contribution in [1.29, 1.82) is 0 Å². The number of aromatic nitrogens is 3. The Morgan fingerprint density at radius 3 is 2.82 bits per heavy atom. The van der Waals surface area contributed by atoms with E-state index in [-0.39, 0.29) is 5.82 Å². The van der Waals surface area contributed by atoms with Crippen LogP contribution in [-0.4, -0.2) is 38.5 Å². The van der Waals surface area contributed by atoms with Crippen LogP contribution in [0.1, 0.15) is 23.5 Å². The Balaban J connectivity index is 2.20. The van der Waals surface area contributed by atoms with Crippen LogP contribution in [0.25, 0.3) is 5.52 Å². The summed E-state index contributed by atoms with van der Waals surface area (Å²) in [6.45, 7) is 1.86. The molecule has 6 heteroatoms. The van der Waals surface area contributed by atoms with E-state index >= 15 is 0 Å².